The Morgan fingerprint density at radius 2 is 2.14 bits per heavy atom. The Morgan fingerprint density at radius 3 is 2.76 bits per heavy atom. The van der Waals surface area contributed by atoms with Gasteiger partial charge < -0.3 is 15.0 Å². The second-order valence-corrected chi connectivity index (χ2v) is 6.63. The fraction of sp³-hybridized carbons (Fsp3) is 0.533. The summed E-state index contributed by atoms with van der Waals surface area (Å²) >= 11 is 12.3. The van der Waals surface area contributed by atoms with E-state index in [0.29, 0.717) is 28.7 Å². The van der Waals surface area contributed by atoms with E-state index in [1.165, 1.54) is 0 Å². The Bertz CT molecular complexity index is 538. The number of carbonyl (C=O) groups is 1. The number of benzene rings is 1. The lowest BCUT2D eigenvalue weighted by Gasteiger charge is -2.43. The predicted octanol–water partition coefficient (Wildman–Crippen LogP) is 2.59. The third kappa shape index (κ3) is 2.90. The van der Waals surface area contributed by atoms with E-state index in [0.717, 1.165) is 19.5 Å². The van der Waals surface area contributed by atoms with Gasteiger partial charge in [0.1, 0.15) is 0 Å². The first-order chi connectivity index (χ1) is 10.0. The van der Waals surface area contributed by atoms with Crippen molar-refractivity contribution in [3.8, 4) is 0 Å². The number of hydrogen-bond acceptors (Lipinski definition) is 3. The van der Waals surface area contributed by atoms with Crippen molar-refractivity contribution < 1.29 is 9.53 Å². The molecule has 2 heterocycles. The molecule has 3 rings (SSSR count). The van der Waals surface area contributed by atoms with Crippen LogP contribution in [0.3, 0.4) is 0 Å². The molecule has 6 heteroatoms. The van der Waals surface area contributed by atoms with Crippen LogP contribution in [-0.4, -0.2) is 48.7 Å². The summed E-state index contributed by atoms with van der Waals surface area (Å²) in [5.74, 6) is -0.118. The Morgan fingerprint density at radius 1 is 1.43 bits per heavy atom. The normalized spacial score (nSPS) is 29.1. The van der Waals surface area contributed by atoms with E-state index in [4.69, 9.17) is 27.9 Å². The van der Waals surface area contributed by atoms with Crippen LogP contribution < -0.4 is 5.32 Å². The monoisotopic (exact) mass is 328 g/mol. The van der Waals surface area contributed by atoms with Gasteiger partial charge in [-0.1, -0.05) is 29.3 Å². The number of hydrogen-bond donors (Lipinski definition) is 1. The fourth-order valence-electron chi connectivity index (χ4n) is 3.20. The van der Waals surface area contributed by atoms with Gasteiger partial charge >= 0.3 is 0 Å². The molecule has 1 spiro atoms. The lowest BCUT2D eigenvalue weighted by atomic mass is 9.98. The summed E-state index contributed by atoms with van der Waals surface area (Å²) in [7, 11) is 0. The van der Waals surface area contributed by atoms with E-state index >= 15 is 0 Å². The Labute approximate surface area is 134 Å². The Kier molecular flexibility index (Phi) is 4.14. The van der Waals surface area contributed by atoms with Crippen molar-refractivity contribution in [3.05, 3.63) is 33.8 Å². The average molecular weight is 329 g/mol. The van der Waals surface area contributed by atoms with E-state index in [-0.39, 0.29) is 17.6 Å². The Hall–Kier alpha value is -0.810. The molecule has 0 bridgehead atoms. The minimum absolute atomic E-state index is 0.00358. The van der Waals surface area contributed by atoms with E-state index in [1.807, 2.05) is 11.8 Å². The fourth-order valence-corrected chi connectivity index (χ4v) is 3.75. The van der Waals surface area contributed by atoms with Crippen molar-refractivity contribution in [2.45, 2.75) is 25.0 Å². The summed E-state index contributed by atoms with van der Waals surface area (Å²) in [6, 6.07) is 5.13. The highest BCUT2D eigenvalue weighted by Crippen LogP contribution is 2.31. The van der Waals surface area contributed by atoms with Crippen LogP contribution in [0.1, 0.15) is 23.7 Å². The molecule has 1 amide bonds. The van der Waals surface area contributed by atoms with Gasteiger partial charge in [0.15, 0.2) is 0 Å². The minimum Gasteiger partial charge on any atom is -0.367 e. The first kappa shape index (κ1) is 15.1. The number of morpholine rings is 1. The standard InChI is InChI=1S/C15H18Cl2N2O2/c1-10-7-19(9-15(21-10)5-6-18-8-15)14(20)13-11(16)3-2-4-12(13)17/h2-4,10,18H,5-9H2,1H3. The maximum Gasteiger partial charge on any atom is 0.257 e. The molecule has 2 aliphatic rings. The van der Waals surface area contributed by atoms with Crippen LogP contribution in [0.5, 0.6) is 0 Å². The smallest absolute Gasteiger partial charge is 0.257 e. The molecule has 2 saturated heterocycles. The van der Waals surface area contributed by atoms with Gasteiger partial charge in [-0.25, -0.2) is 0 Å². The largest absolute Gasteiger partial charge is 0.367 e. The Balaban J connectivity index is 1.87. The zero-order chi connectivity index (χ0) is 15.0. The maximum absolute atomic E-state index is 12.8. The number of nitrogens with zero attached hydrogens (tertiary/aromatic N) is 1. The van der Waals surface area contributed by atoms with Crippen molar-refractivity contribution in [1.82, 2.24) is 10.2 Å². The minimum atomic E-state index is -0.277. The van der Waals surface area contributed by atoms with Gasteiger partial charge in [0.25, 0.3) is 5.91 Å². The lowest BCUT2D eigenvalue weighted by Crippen LogP contribution is -2.57. The first-order valence-corrected chi connectivity index (χ1v) is 7.88. The molecule has 0 saturated carbocycles. The maximum atomic E-state index is 12.8. The van der Waals surface area contributed by atoms with Gasteiger partial charge in [0.05, 0.1) is 33.9 Å². The van der Waals surface area contributed by atoms with E-state index in [9.17, 15) is 4.79 Å². The zero-order valence-electron chi connectivity index (χ0n) is 11.9. The van der Waals surface area contributed by atoms with Crippen LogP contribution in [0, 0.1) is 0 Å². The molecule has 21 heavy (non-hydrogen) atoms. The van der Waals surface area contributed by atoms with E-state index in [1.54, 1.807) is 18.2 Å². The van der Waals surface area contributed by atoms with Crippen LogP contribution >= 0.6 is 23.2 Å². The zero-order valence-corrected chi connectivity index (χ0v) is 13.4. The molecule has 2 atom stereocenters. The number of amides is 1. The highest BCUT2D eigenvalue weighted by atomic mass is 35.5. The molecular formula is C15H18Cl2N2O2. The summed E-state index contributed by atoms with van der Waals surface area (Å²) in [6.07, 6.45) is 0.918. The molecule has 1 aromatic rings. The van der Waals surface area contributed by atoms with Crippen LogP contribution in [0.2, 0.25) is 10.0 Å². The molecule has 1 N–H and O–H groups in total. The highest BCUT2D eigenvalue weighted by Gasteiger charge is 2.43. The molecule has 114 valence electrons. The number of carbonyl (C=O) groups excluding carboxylic acids is 1. The second kappa shape index (κ2) is 5.76. The quantitative estimate of drug-likeness (QED) is 0.861. The molecule has 0 aromatic heterocycles. The molecule has 0 aliphatic carbocycles. The van der Waals surface area contributed by atoms with Gasteiger partial charge in [-0.3, -0.25) is 4.79 Å². The number of nitrogens with one attached hydrogen (secondary N) is 1. The van der Waals surface area contributed by atoms with Crippen LogP contribution in [-0.2, 0) is 4.74 Å². The highest BCUT2D eigenvalue weighted by molar-refractivity contribution is 6.39. The van der Waals surface area contributed by atoms with Crippen molar-refractivity contribution in [1.29, 1.82) is 0 Å². The molecule has 2 unspecified atom stereocenters. The summed E-state index contributed by atoms with van der Waals surface area (Å²) in [4.78, 5) is 14.6. The summed E-state index contributed by atoms with van der Waals surface area (Å²) in [6.45, 7) is 4.82. The van der Waals surface area contributed by atoms with Crippen LogP contribution in [0.4, 0.5) is 0 Å². The summed E-state index contributed by atoms with van der Waals surface area (Å²) < 4.78 is 6.09. The van der Waals surface area contributed by atoms with Crippen molar-refractivity contribution >= 4 is 29.1 Å². The molecular weight excluding hydrogens is 311 g/mol. The molecule has 2 fully saturated rings. The topological polar surface area (TPSA) is 41.6 Å². The summed E-state index contributed by atoms with van der Waals surface area (Å²) in [5.41, 5.74) is 0.108. The number of rotatable bonds is 1. The van der Waals surface area contributed by atoms with E-state index < -0.39 is 0 Å². The second-order valence-electron chi connectivity index (χ2n) is 5.82. The first-order valence-electron chi connectivity index (χ1n) is 7.13. The lowest BCUT2D eigenvalue weighted by molar-refractivity contribution is -0.127. The SMILES string of the molecule is CC1CN(C(=O)c2c(Cl)cccc2Cl)CC2(CCNC2)O1. The molecule has 2 aliphatic heterocycles. The summed E-state index contributed by atoms with van der Waals surface area (Å²) in [5, 5.41) is 4.10. The van der Waals surface area contributed by atoms with Gasteiger partial charge in [-0.05, 0) is 32.0 Å². The van der Waals surface area contributed by atoms with Crippen molar-refractivity contribution in [2.24, 2.45) is 0 Å². The number of halogens is 2. The van der Waals surface area contributed by atoms with Crippen molar-refractivity contribution in [3.63, 3.8) is 0 Å². The van der Waals surface area contributed by atoms with Gasteiger partial charge in [-0.2, -0.15) is 0 Å². The van der Waals surface area contributed by atoms with Crippen LogP contribution in [0.25, 0.3) is 0 Å². The molecule has 0 radical (unpaired) electrons. The third-order valence-electron chi connectivity index (χ3n) is 4.08. The van der Waals surface area contributed by atoms with Gasteiger partial charge in [0, 0.05) is 13.1 Å². The predicted molar refractivity (Wildman–Crippen MR) is 83.1 cm³/mol. The molecule has 1 aromatic carbocycles. The van der Waals surface area contributed by atoms with Gasteiger partial charge in [0.2, 0.25) is 0 Å². The number of ether oxygens (including phenoxy) is 1. The average Bonchev–Trinajstić information content (AvgIpc) is 2.85. The van der Waals surface area contributed by atoms with Crippen molar-refractivity contribution in [2.75, 3.05) is 26.2 Å². The van der Waals surface area contributed by atoms with E-state index in [2.05, 4.69) is 5.32 Å². The molecule has 4 nitrogen and oxygen atoms in total. The van der Waals surface area contributed by atoms with Crippen LogP contribution in [0.15, 0.2) is 18.2 Å². The van der Waals surface area contributed by atoms with Gasteiger partial charge in [-0.15, -0.1) is 0 Å². The third-order valence-corrected chi connectivity index (χ3v) is 4.71.